The summed E-state index contributed by atoms with van der Waals surface area (Å²) in [5.74, 6) is 3.04. The fraction of sp³-hybridized carbons (Fsp3) is 0.667. The first-order chi connectivity index (χ1) is 7.72. The van der Waals surface area contributed by atoms with Crippen LogP contribution in [-0.4, -0.2) is 22.3 Å². The molecule has 0 atom stereocenters. The molecule has 0 aliphatic carbocycles. The van der Waals surface area contributed by atoms with E-state index in [1.807, 2.05) is 11.8 Å². The van der Waals surface area contributed by atoms with Gasteiger partial charge in [0.25, 0.3) is 0 Å². The Morgan fingerprint density at radius 2 is 1.94 bits per heavy atom. The molecular weight excluding hydrogens is 218 g/mol. The van der Waals surface area contributed by atoms with Crippen LogP contribution in [0.25, 0.3) is 0 Å². The molecule has 3 nitrogen and oxygen atoms in total. The van der Waals surface area contributed by atoms with Gasteiger partial charge in [0.1, 0.15) is 16.7 Å². The minimum absolute atomic E-state index is 0.887. The van der Waals surface area contributed by atoms with Crippen LogP contribution in [0.2, 0.25) is 0 Å². The summed E-state index contributed by atoms with van der Waals surface area (Å²) in [5.41, 5.74) is 1.18. The fourth-order valence-electron chi connectivity index (χ4n) is 1.38. The summed E-state index contributed by atoms with van der Waals surface area (Å²) in [5, 5.41) is 4.43. The molecule has 1 rings (SSSR count). The van der Waals surface area contributed by atoms with Crippen molar-refractivity contribution in [1.82, 2.24) is 9.97 Å². The van der Waals surface area contributed by atoms with Crippen LogP contribution < -0.4 is 5.32 Å². The summed E-state index contributed by atoms with van der Waals surface area (Å²) in [4.78, 5) is 9.10. The summed E-state index contributed by atoms with van der Waals surface area (Å²) >= 11 is 1.83. The molecule has 1 N–H and O–H groups in total. The molecule has 0 aromatic carbocycles. The number of hydrogen-bond donors (Lipinski definition) is 1. The van der Waals surface area contributed by atoms with Gasteiger partial charge in [-0.05, 0) is 26.0 Å². The third-order valence-corrected chi connectivity index (χ3v) is 3.53. The zero-order valence-electron chi connectivity index (χ0n) is 10.6. The van der Waals surface area contributed by atoms with Gasteiger partial charge in [0.2, 0.25) is 0 Å². The van der Waals surface area contributed by atoms with Crippen LogP contribution in [0.3, 0.4) is 0 Å². The molecule has 0 aliphatic heterocycles. The number of anilines is 1. The van der Waals surface area contributed by atoms with Crippen molar-refractivity contribution in [2.24, 2.45) is 0 Å². The van der Waals surface area contributed by atoms with Gasteiger partial charge < -0.3 is 5.32 Å². The van der Waals surface area contributed by atoms with Crippen molar-refractivity contribution in [1.29, 1.82) is 0 Å². The van der Waals surface area contributed by atoms with Crippen LogP contribution >= 0.6 is 11.8 Å². The fourth-order valence-corrected chi connectivity index (χ4v) is 2.26. The summed E-state index contributed by atoms with van der Waals surface area (Å²) < 4.78 is 0. The molecule has 1 aromatic heterocycles. The largest absolute Gasteiger partial charge is 0.370 e. The molecule has 0 fully saturated rings. The second-order valence-electron chi connectivity index (χ2n) is 3.65. The Balaban J connectivity index is 2.99. The van der Waals surface area contributed by atoms with E-state index in [0.717, 1.165) is 35.4 Å². The number of rotatable bonds is 6. The van der Waals surface area contributed by atoms with Gasteiger partial charge in [0, 0.05) is 18.5 Å². The first-order valence-electron chi connectivity index (χ1n) is 5.97. The van der Waals surface area contributed by atoms with Gasteiger partial charge in [0.05, 0.1) is 0 Å². The van der Waals surface area contributed by atoms with Crippen LogP contribution in [0.4, 0.5) is 5.82 Å². The Hall–Kier alpha value is -0.770. The Kier molecular flexibility index (Phi) is 5.60. The van der Waals surface area contributed by atoms with E-state index in [0.29, 0.717) is 0 Å². The SMILES string of the molecule is CCCSc1nc(CC)nc(NCC)c1C. The molecule has 0 spiro atoms. The van der Waals surface area contributed by atoms with Crippen LogP contribution in [0.5, 0.6) is 0 Å². The van der Waals surface area contributed by atoms with Gasteiger partial charge in [-0.1, -0.05) is 13.8 Å². The van der Waals surface area contributed by atoms with E-state index in [9.17, 15) is 0 Å². The van der Waals surface area contributed by atoms with Crippen molar-refractivity contribution in [2.75, 3.05) is 17.6 Å². The van der Waals surface area contributed by atoms with Crippen molar-refractivity contribution < 1.29 is 0 Å². The highest BCUT2D eigenvalue weighted by molar-refractivity contribution is 7.99. The average molecular weight is 239 g/mol. The van der Waals surface area contributed by atoms with Crippen LogP contribution in [0.1, 0.15) is 38.6 Å². The molecule has 0 amide bonds. The first-order valence-corrected chi connectivity index (χ1v) is 6.95. The zero-order chi connectivity index (χ0) is 12.0. The van der Waals surface area contributed by atoms with E-state index in [4.69, 9.17) is 0 Å². The Morgan fingerprint density at radius 1 is 1.19 bits per heavy atom. The van der Waals surface area contributed by atoms with E-state index in [1.54, 1.807) is 0 Å². The van der Waals surface area contributed by atoms with Crippen molar-refractivity contribution in [3.8, 4) is 0 Å². The van der Waals surface area contributed by atoms with Gasteiger partial charge in [-0.3, -0.25) is 0 Å². The normalized spacial score (nSPS) is 10.5. The van der Waals surface area contributed by atoms with Gasteiger partial charge in [-0.25, -0.2) is 9.97 Å². The van der Waals surface area contributed by atoms with E-state index >= 15 is 0 Å². The maximum absolute atomic E-state index is 4.58. The molecule has 16 heavy (non-hydrogen) atoms. The molecular formula is C12H21N3S. The van der Waals surface area contributed by atoms with E-state index in [1.165, 1.54) is 12.0 Å². The molecule has 0 unspecified atom stereocenters. The van der Waals surface area contributed by atoms with Crippen LogP contribution in [-0.2, 0) is 6.42 Å². The molecule has 0 aliphatic rings. The predicted octanol–water partition coefficient (Wildman–Crippen LogP) is 3.28. The van der Waals surface area contributed by atoms with Gasteiger partial charge >= 0.3 is 0 Å². The topological polar surface area (TPSA) is 37.8 Å². The van der Waals surface area contributed by atoms with E-state index < -0.39 is 0 Å². The van der Waals surface area contributed by atoms with Crippen LogP contribution in [0.15, 0.2) is 5.03 Å². The minimum Gasteiger partial charge on any atom is -0.370 e. The quantitative estimate of drug-likeness (QED) is 0.610. The second kappa shape index (κ2) is 6.74. The van der Waals surface area contributed by atoms with Gasteiger partial charge in [0.15, 0.2) is 0 Å². The molecule has 0 radical (unpaired) electrons. The minimum atomic E-state index is 0.887. The number of nitrogens with one attached hydrogen (secondary N) is 1. The van der Waals surface area contributed by atoms with Crippen LogP contribution in [0, 0.1) is 6.92 Å². The highest BCUT2D eigenvalue weighted by atomic mass is 32.2. The van der Waals surface area contributed by atoms with E-state index in [-0.39, 0.29) is 0 Å². The zero-order valence-corrected chi connectivity index (χ0v) is 11.4. The Morgan fingerprint density at radius 3 is 2.50 bits per heavy atom. The lowest BCUT2D eigenvalue weighted by atomic mass is 10.3. The standard InChI is InChI=1S/C12H21N3S/c1-5-8-16-12-9(4)11(13-7-3)14-10(6-2)15-12/h5-8H2,1-4H3,(H,13,14,15). The van der Waals surface area contributed by atoms with Gasteiger partial charge in [-0.15, -0.1) is 11.8 Å². The smallest absolute Gasteiger partial charge is 0.133 e. The molecule has 0 bridgehead atoms. The van der Waals surface area contributed by atoms with Crippen molar-refractivity contribution >= 4 is 17.6 Å². The highest BCUT2D eigenvalue weighted by Gasteiger charge is 2.09. The lowest BCUT2D eigenvalue weighted by Gasteiger charge is -2.12. The summed E-state index contributed by atoms with van der Waals surface area (Å²) in [6, 6.07) is 0. The van der Waals surface area contributed by atoms with E-state index in [2.05, 4.69) is 43.0 Å². The number of hydrogen-bond acceptors (Lipinski definition) is 4. The maximum atomic E-state index is 4.58. The predicted molar refractivity (Wildman–Crippen MR) is 71.3 cm³/mol. The first kappa shape index (κ1) is 13.3. The monoisotopic (exact) mass is 239 g/mol. The summed E-state index contributed by atoms with van der Waals surface area (Å²) in [7, 11) is 0. The second-order valence-corrected chi connectivity index (χ2v) is 4.73. The molecule has 0 saturated carbocycles. The third-order valence-electron chi connectivity index (χ3n) is 2.25. The number of aromatic nitrogens is 2. The molecule has 1 aromatic rings. The number of nitrogens with zero attached hydrogens (tertiary/aromatic N) is 2. The van der Waals surface area contributed by atoms with Crippen molar-refractivity contribution in [3.63, 3.8) is 0 Å². The lowest BCUT2D eigenvalue weighted by molar-refractivity contribution is 0.869. The highest BCUT2D eigenvalue weighted by Crippen LogP contribution is 2.25. The number of thioether (sulfide) groups is 1. The molecule has 90 valence electrons. The molecule has 4 heteroatoms. The summed E-state index contributed by atoms with van der Waals surface area (Å²) in [6.07, 6.45) is 2.06. The maximum Gasteiger partial charge on any atom is 0.133 e. The Bertz CT molecular complexity index is 339. The van der Waals surface area contributed by atoms with Crippen molar-refractivity contribution in [3.05, 3.63) is 11.4 Å². The Labute approximate surface area is 102 Å². The molecule has 1 heterocycles. The third kappa shape index (κ3) is 3.37. The van der Waals surface area contributed by atoms with Gasteiger partial charge in [-0.2, -0.15) is 0 Å². The molecule has 0 saturated heterocycles. The summed E-state index contributed by atoms with van der Waals surface area (Å²) in [6.45, 7) is 9.37. The van der Waals surface area contributed by atoms with Crippen molar-refractivity contribution in [2.45, 2.75) is 45.6 Å². The lowest BCUT2D eigenvalue weighted by Crippen LogP contribution is -2.07. The number of aryl methyl sites for hydroxylation is 1. The average Bonchev–Trinajstić information content (AvgIpc) is 2.30.